The van der Waals surface area contributed by atoms with Gasteiger partial charge in [0.15, 0.2) is 6.10 Å². The summed E-state index contributed by atoms with van der Waals surface area (Å²) in [5, 5.41) is 0. The third kappa shape index (κ3) is 53.2. The molecule has 0 aliphatic heterocycles. The summed E-state index contributed by atoms with van der Waals surface area (Å²) in [7, 11) is 0. The molecule has 0 aliphatic carbocycles. The van der Waals surface area contributed by atoms with Gasteiger partial charge in [-0.3, -0.25) is 14.4 Å². The van der Waals surface area contributed by atoms with E-state index in [1.54, 1.807) is 0 Å². The van der Waals surface area contributed by atoms with Gasteiger partial charge in [-0.15, -0.1) is 0 Å². The molecule has 0 saturated carbocycles. The zero-order chi connectivity index (χ0) is 47.2. The number of ether oxygens (including phenoxy) is 3. The van der Waals surface area contributed by atoms with Gasteiger partial charge in [-0.2, -0.15) is 0 Å². The van der Waals surface area contributed by atoms with E-state index in [9.17, 15) is 14.4 Å². The Bertz CT molecular complexity index is 967. The lowest BCUT2D eigenvalue weighted by Crippen LogP contribution is -2.30. The lowest BCUT2D eigenvalue weighted by atomic mass is 10.0. The molecule has 65 heavy (non-hydrogen) atoms. The maximum atomic E-state index is 12.8. The molecular weight excluding hydrogens is 805 g/mol. The van der Waals surface area contributed by atoms with Crippen molar-refractivity contribution < 1.29 is 28.6 Å². The molecule has 0 N–H and O–H groups in total. The molecule has 0 aliphatic rings. The Hall–Kier alpha value is -1.59. The van der Waals surface area contributed by atoms with Crippen molar-refractivity contribution in [2.24, 2.45) is 0 Å². The molecular formula is C59H114O6. The predicted molar refractivity (Wildman–Crippen MR) is 280 cm³/mol. The Kier molecular flexibility index (Phi) is 53.7. The van der Waals surface area contributed by atoms with Crippen LogP contribution in [0.25, 0.3) is 0 Å². The van der Waals surface area contributed by atoms with E-state index in [4.69, 9.17) is 14.2 Å². The van der Waals surface area contributed by atoms with Crippen LogP contribution in [0, 0.1) is 0 Å². The van der Waals surface area contributed by atoms with E-state index in [-0.39, 0.29) is 31.1 Å². The topological polar surface area (TPSA) is 78.9 Å². The summed E-state index contributed by atoms with van der Waals surface area (Å²) < 4.78 is 16.9. The third-order valence-corrected chi connectivity index (χ3v) is 13.6. The molecule has 1 atom stereocenters. The van der Waals surface area contributed by atoms with E-state index < -0.39 is 6.10 Å². The van der Waals surface area contributed by atoms with Gasteiger partial charge >= 0.3 is 17.9 Å². The van der Waals surface area contributed by atoms with Gasteiger partial charge in [0.1, 0.15) is 13.2 Å². The largest absolute Gasteiger partial charge is 0.462 e. The predicted octanol–water partition coefficient (Wildman–Crippen LogP) is 19.5. The number of hydrogen-bond acceptors (Lipinski definition) is 6. The standard InChI is InChI=1S/C59H114O6/c1-4-7-10-13-16-19-22-25-28-29-30-31-32-35-37-40-43-46-49-52-58(61)64-55-56(65-59(62)53-50-47-44-41-38-34-27-24-21-18-15-12-9-6-3)54-63-57(60)51-48-45-42-39-36-33-26-23-20-17-14-11-8-5-2/h56H,4-55H2,1-3H3/t56-/m1/s1. The van der Waals surface area contributed by atoms with Crippen molar-refractivity contribution in [1.82, 2.24) is 0 Å². The number of carbonyl (C=O) groups excluding carboxylic acids is 3. The maximum Gasteiger partial charge on any atom is 0.306 e. The molecule has 0 heterocycles. The second-order valence-corrected chi connectivity index (χ2v) is 20.3. The van der Waals surface area contributed by atoms with Crippen LogP contribution in [0.2, 0.25) is 0 Å². The summed E-state index contributed by atoms with van der Waals surface area (Å²) in [6.07, 6.45) is 60.9. The fourth-order valence-corrected chi connectivity index (χ4v) is 9.15. The Labute approximate surface area is 406 Å². The average molecular weight is 920 g/mol. The van der Waals surface area contributed by atoms with Gasteiger partial charge in [0.05, 0.1) is 0 Å². The maximum absolute atomic E-state index is 12.8. The van der Waals surface area contributed by atoms with E-state index in [0.717, 1.165) is 57.8 Å². The van der Waals surface area contributed by atoms with Crippen LogP contribution in [-0.4, -0.2) is 37.2 Å². The molecule has 0 aromatic carbocycles. The average Bonchev–Trinajstić information content (AvgIpc) is 3.30. The van der Waals surface area contributed by atoms with Crippen LogP contribution in [0.1, 0.15) is 342 Å². The second-order valence-electron chi connectivity index (χ2n) is 20.3. The summed E-state index contributed by atoms with van der Waals surface area (Å²) in [4.78, 5) is 38.1. The number of unbranched alkanes of at least 4 members (excludes halogenated alkanes) is 44. The third-order valence-electron chi connectivity index (χ3n) is 13.6. The smallest absolute Gasteiger partial charge is 0.306 e. The zero-order valence-electron chi connectivity index (χ0n) is 44.3. The Morgan fingerprint density at radius 2 is 0.415 bits per heavy atom. The minimum atomic E-state index is -0.761. The molecule has 0 bridgehead atoms. The fourth-order valence-electron chi connectivity index (χ4n) is 9.15. The zero-order valence-corrected chi connectivity index (χ0v) is 44.3. The SMILES string of the molecule is CCCCCCCCCCCCCCCCCCCCCC(=O)OC[C@@H](COC(=O)CCCCCCCCCCCCCCCC)OC(=O)CCCCCCCCCCCCCCCC. The minimum Gasteiger partial charge on any atom is -0.462 e. The molecule has 6 nitrogen and oxygen atoms in total. The summed E-state index contributed by atoms with van der Waals surface area (Å²) in [5.41, 5.74) is 0. The first-order chi connectivity index (χ1) is 32.0. The molecule has 6 heteroatoms. The molecule has 0 spiro atoms. The van der Waals surface area contributed by atoms with Crippen LogP contribution in [0.5, 0.6) is 0 Å². The summed E-state index contributed by atoms with van der Waals surface area (Å²) in [6.45, 7) is 6.71. The molecule has 0 rings (SSSR count). The first kappa shape index (κ1) is 63.4. The second kappa shape index (κ2) is 55.0. The number of rotatable bonds is 55. The van der Waals surface area contributed by atoms with Gasteiger partial charge in [-0.05, 0) is 19.3 Å². The number of esters is 3. The van der Waals surface area contributed by atoms with Crippen molar-refractivity contribution in [2.45, 2.75) is 348 Å². The van der Waals surface area contributed by atoms with Gasteiger partial charge in [-0.25, -0.2) is 0 Å². The molecule has 0 unspecified atom stereocenters. The summed E-state index contributed by atoms with van der Waals surface area (Å²) in [6, 6.07) is 0. The Morgan fingerprint density at radius 1 is 0.246 bits per heavy atom. The normalized spacial score (nSPS) is 11.9. The van der Waals surface area contributed by atoms with Crippen LogP contribution in [0.4, 0.5) is 0 Å². The molecule has 0 saturated heterocycles. The van der Waals surface area contributed by atoms with Crippen LogP contribution in [0.15, 0.2) is 0 Å². The first-order valence-electron chi connectivity index (χ1n) is 29.5. The number of carbonyl (C=O) groups is 3. The molecule has 0 radical (unpaired) electrons. The van der Waals surface area contributed by atoms with Crippen LogP contribution in [0.3, 0.4) is 0 Å². The van der Waals surface area contributed by atoms with E-state index in [1.165, 1.54) is 244 Å². The van der Waals surface area contributed by atoms with Gasteiger partial charge in [-0.1, -0.05) is 303 Å². The van der Waals surface area contributed by atoms with Gasteiger partial charge in [0, 0.05) is 19.3 Å². The van der Waals surface area contributed by atoms with Gasteiger partial charge in [0.2, 0.25) is 0 Å². The van der Waals surface area contributed by atoms with Crippen molar-refractivity contribution in [3.63, 3.8) is 0 Å². The van der Waals surface area contributed by atoms with Crippen molar-refractivity contribution >= 4 is 17.9 Å². The van der Waals surface area contributed by atoms with Gasteiger partial charge in [0.25, 0.3) is 0 Å². The van der Waals surface area contributed by atoms with Gasteiger partial charge < -0.3 is 14.2 Å². The summed E-state index contributed by atoms with van der Waals surface area (Å²) in [5.74, 6) is -0.831. The van der Waals surface area contributed by atoms with Crippen LogP contribution in [-0.2, 0) is 28.6 Å². The highest BCUT2D eigenvalue weighted by molar-refractivity contribution is 5.71. The van der Waals surface area contributed by atoms with E-state index >= 15 is 0 Å². The lowest BCUT2D eigenvalue weighted by Gasteiger charge is -2.18. The molecule has 0 fully saturated rings. The van der Waals surface area contributed by atoms with Crippen LogP contribution < -0.4 is 0 Å². The lowest BCUT2D eigenvalue weighted by molar-refractivity contribution is -0.167. The van der Waals surface area contributed by atoms with E-state index in [2.05, 4.69) is 20.8 Å². The van der Waals surface area contributed by atoms with Crippen molar-refractivity contribution in [2.75, 3.05) is 13.2 Å². The first-order valence-corrected chi connectivity index (χ1v) is 29.5. The van der Waals surface area contributed by atoms with E-state index in [0.29, 0.717) is 19.3 Å². The van der Waals surface area contributed by atoms with Crippen molar-refractivity contribution in [3.8, 4) is 0 Å². The Morgan fingerprint density at radius 3 is 0.615 bits per heavy atom. The highest BCUT2D eigenvalue weighted by atomic mass is 16.6. The van der Waals surface area contributed by atoms with Crippen LogP contribution >= 0.6 is 0 Å². The van der Waals surface area contributed by atoms with E-state index in [1.807, 2.05) is 0 Å². The fraction of sp³-hybridized carbons (Fsp3) is 0.949. The molecule has 0 amide bonds. The molecule has 0 aromatic rings. The molecule has 0 aromatic heterocycles. The highest BCUT2D eigenvalue weighted by Gasteiger charge is 2.19. The highest BCUT2D eigenvalue weighted by Crippen LogP contribution is 2.18. The summed E-state index contributed by atoms with van der Waals surface area (Å²) >= 11 is 0. The quantitative estimate of drug-likeness (QED) is 0.0344. The van der Waals surface area contributed by atoms with Crippen molar-refractivity contribution in [3.05, 3.63) is 0 Å². The number of hydrogen-bond donors (Lipinski definition) is 0. The monoisotopic (exact) mass is 919 g/mol. The minimum absolute atomic E-state index is 0.0609. The molecule has 386 valence electrons. The Balaban J connectivity index is 4.26. The van der Waals surface area contributed by atoms with Crippen molar-refractivity contribution in [1.29, 1.82) is 0 Å².